The molecule has 3 aromatic rings. The number of non-ortho nitro benzene ring substituents is 1. The van der Waals surface area contributed by atoms with Crippen molar-refractivity contribution in [3.05, 3.63) is 69.9 Å². The molecular formula is C15H11ClN4O2. The van der Waals surface area contributed by atoms with Gasteiger partial charge in [0.25, 0.3) is 5.69 Å². The molecule has 0 saturated carbocycles. The fourth-order valence-electron chi connectivity index (χ4n) is 2.04. The van der Waals surface area contributed by atoms with Gasteiger partial charge in [0.2, 0.25) is 0 Å². The molecule has 0 fully saturated rings. The zero-order valence-corrected chi connectivity index (χ0v) is 12.0. The topological polar surface area (TPSA) is 80.1 Å². The highest BCUT2D eigenvalue weighted by Crippen LogP contribution is 2.24. The summed E-state index contributed by atoms with van der Waals surface area (Å²) in [7, 11) is 0. The van der Waals surface area contributed by atoms with E-state index in [9.17, 15) is 10.1 Å². The van der Waals surface area contributed by atoms with E-state index in [1.807, 2.05) is 12.1 Å². The van der Waals surface area contributed by atoms with Crippen molar-refractivity contribution >= 4 is 39.6 Å². The summed E-state index contributed by atoms with van der Waals surface area (Å²) in [6.07, 6.45) is 1.68. The molecule has 7 heteroatoms. The Morgan fingerprint density at radius 1 is 1.05 bits per heavy atom. The van der Waals surface area contributed by atoms with E-state index in [0.717, 1.165) is 16.6 Å². The number of benzene rings is 2. The lowest BCUT2D eigenvalue weighted by molar-refractivity contribution is -0.384. The van der Waals surface area contributed by atoms with Crippen LogP contribution in [0.5, 0.6) is 0 Å². The Bertz CT molecular complexity index is 837. The quantitative estimate of drug-likeness (QED) is 0.556. The van der Waals surface area contributed by atoms with E-state index in [0.29, 0.717) is 10.7 Å². The fraction of sp³-hybridized carbons (Fsp3) is 0. The molecule has 0 unspecified atom stereocenters. The number of hydrogen-bond donors (Lipinski definition) is 2. The summed E-state index contributed by atoms with van der Waals surface area (Å²) < 4.78 is 0. The first-order valence-electron chi connectivity index (χ1n) is 6.44. The van der Waals surface area contributed by atoms with Crippen molar-refractivity contribution in [1.29, 1.82) is 0 Å². The van der Waals surface area contributed by atoms with Crippen molar-refractivity contribution in [2.75, 3.05) is 10.9 Å². The average Bonchev–Trinajstić information content (AvgIpc) is 2.52. The van der Waals surface area contributed by atoms with Crippen LogP contribution in [0.4, 0.5) is 17.1 Å². The number of nitro groups is 1. The maximum atomic E-state index is 10.6. The van der Waals surface area contributed by atoms with Crippen molar-refractivity contribution in [2.45, 2.75) is 0 Å². The number of hydrogen-bond acceptors (Lipinski definition) is 5. The van der Waals surface area contributed by atoms with Gasteiger partial charge >= 0.3 is 0 Å². The summed E-state index contributed by atoms with van der Waals surface area (Å²) in [6.45, 7) is 0. The van der Waals surface area contributed by atoms with Gasteiger partial charge in [-0.25, -0.2) is 0 Å². The second-order valence-electron chi connectivity index (χ2n) is 4.57. The lowest BCUT2D eigenvalue weighted by Gasteiger charge is -2.11. The highest BCUT2D eigenvalue weighted by atomic mass is 35.5. The van der Waals surface area contributed by atoms with Gasteiger partial charge in [-0.2, -0.15) is 0 Å². The summed E-state index contributed by atoms with van der Waals surface area (Å²) >= 11 is 5.95. The van der Waals surface area contributed by atoms with Crippen LogP contribution in [-0.4, -0.2) is 9.91 Å². The summed E-state index contributed by atoms with van der Waals surface area (Å²) in [6, 6.07) is 13.4. The molecule has 0 atom stereocenters. The number of fused-ring (bicyclic) bond motifs is 1. The molecule has 0 amide bonds. The molecule has 2 N–H and O–H groups in total. The van der Waals surface area contributed by atoms with Gasteiger partial charge in [-0.05, 0) is 36.4 Å². The average molecular weight is 315 g/mol. The number of hydrazine groups is 1. The Balaban J connectivity index is 1.80. The van der Waals surface area contributed by atoms with E-state index in [4.69, 9.17) is 11.6 Å². The second kappa shape index (κ2) is 5.87. The summed E-state index contributed by atoms with van der Waals surface area (Å²) in [4.78, 5) is 14.4. The van der Waals surface area contributed by atoms with Gasteiger partial charge in [0.15, 0.2) is 0 Å². The first-order chi connectivity index (χ1) is 10.6. The largest absolute Gasteiger partial charge is 0.301 e. The van der Waals surface area contributed by atoms with E-state index in [2.05, 4.69) is 15.8 Å². The molecule has 0 radical (unpaired) electrons. The van der Waals surface area contributed by atoms with E-state index < -0.39 is 4.92 Å². The first-order valence-corrected chi connectivity index (χ1v) is 6.82. The Hall–Kier alpha value is -2.86. The van der Waals surface area contributed by atoms with Crippen molar-refractivity contribution in [3.8, 4) is 0 Å². The highest BCUT2D eigenvalue weighted by molar-refractivity contribution is 6.31. The molecule has 0 spiro atoms. The van der Waals surface area contributed by atoms with Crippen LogP contribution in [0.2, 0.25) is 5.02 Å². The molecule has 3 rings (SSSR count). The predicted octanol–water partition coefficient (Wildman–Crippen LogP) is 4.24. The van der Waals surface area contributed by atoms with Crippen molar-refractivity contribution < 1.29 is 4.92 Å². The highest BCUT2D eigenvalue weighted by Gasteiger charge is 2.05. The Morgan fingerprint density at radius 2 is 1.82 bits per heavy atom. The Morgan fingerprint density at radius 3 is 2.55 bits per heavy atom. The number of nitrogens with one attached hydrogen (secondary N) is 2. The second-order valence-corrected chi connectivity index (χ2v) is 5.01. The molecule has 0 aliphatic rings. The molecule has 1 heterocycles. The molecule has 0 aliphatic heterocycles. The van der Waals surface area contributed by atoms with Gasteiger partial charge in [-0.3, -0.25) is 15.1 Å². The van der Waals surface area contributed by atoms with E-state index in [1.165, 1.54) is 12.1 Å². The Kier molecular flexibility index (Phi) is 3.76. The molecular weight excluding hydrogens is 304 g/mol. The third-order valence-electron chi connectivity index (χ3n) is 3.12. The van der Waals surface area contributed by atoms with Crippen LogP contribution in [0.15, 0.2) is 54.7 Å². The van der Waals surface area contributed by atoms with E-state index in [-0.39, 0.29) is 5.69 Å². The van der Waals surface area contributed by atoms with Crippen LogP contribution in [0.25, 0.3) is 10.9 Å². The zero-order chi connectivity index (χ0) is 15.5. The number of halogens is 1. The zero-order valence-electron chi connectivity index (χ0n) is 11.3. The fourth-order valence-corrected chi connectivity index (χ4v) is 2.20. The third kappa shape index (κ3) is 2.91. The van der Waals surface area contributed by atoms with Crippen LogP contribution in [-0.2, 0) is 0 Å². The molecule has 6 nitrogen and oxygen atoms in total. The molecule has 22 heavy (non-hydrogen) atoms. The normalized spacial score (nSPS) is 10.4. The van der Waals surface area contributed by atoms with Gasteiger partial charge in [-0.15, -0.1) is 0 Å². The van der Waals surface area contributed by atoms with Crippen LogP contribution in [0.1, 0.15) is 0 Å². The lowest BCUT2D eigenvalue weighted by atomic mass is 10.2. The predicted molar refractivity (Wildman–Crippen MR) is 87.1 cm³/mol. The van der Waals surface area contributed by atoms with Crippen molar-refractivity contribution in [1.82, 2.24) is 4.98 Å². The smallest absolute Gasteiger partial charge is 0.269 e. The van der Waals surface area contributed by atoms with Gasteiger partial charge in [-0.1, -0.05) is 11.6 Å². The van der Waals surface area contributed by atoms with Gasteiger partial charge in [0, 0.05) is 28.7 Å². The SMILES string of the molecule is O=[N+]([O-])c1ccc(NNc2ccnc3cc(Cl)ccc23)cc1. The number of anilines is 2. The van der Waals surface area contributed by atoms with Gasteiger partial charge in [0.05, 0.1) is 21.8 Å². The minimum absolute atomic E-state index is 0.0505. The molecule has 1 aromatic heterocycles. The van der Waals surface area contributed by atoms with E-state index >= 15 is 0 Å². The minimum atomic E-state index is -0.433. The summed E-state index contributed by atoms with van der Waals surface area (Å²) in [5, 5.41) is 12.2. The van der Waals surface area contributed by atoms with E-state index in [1.54, 1.807) is 30.5 Å². The van der Waals surface area contributed by atoms with Crippen LogP contribution >= 0.6 is 11.6 Å². The molecule has 0 saturated heterocycles. The standard InChI is InChI=1S/C15H11ClN4O2/c16-10-1-6-13-14(7-8-17-15(13)9-10)19-18-11-2-4-12(5-3-11)20(21)22/h1-9,18H,(H,17,19). The number of nitro benzene ring substituents is 1. The maximum absolute atomic E-state index is 10.6. The van der Waals surface area contributed by atoms with Gasteiger partial charge in [0.1, 0.15) is 0 Å². The number of aromatic nitrogens is 1. The third-order valence-corrected chi connectivity index (χ3v) is 3.36. The lowest BCUT2D eigenvalue weighted by Crippen LogP contribution is -2.09. The molecule has 110 valence electrons. The maximum Gasteiger partial charge on any atom is 0.269 e. The van der Waals surface area contributed by atoms with Crippen LogP contribution in [0.3, 0.4) is 0 Å². The molecule has 0 bridgehead atoms. The molecule has 2 aromatic carbocycles. The monoisotopic (exact) mass is 314 g/mol. The number of rotatable bonds is 4. The first kappa shape index (κ1) is 14.1. The number of pyridine rings is 1. The van der Waals surface area contributed by atoms with Gasteiger partial charge < -0.3 is 10.9 Å². The van der Waals surface area contributed by atoms with Crippen molar-refractivity contribution in [3.63, 3.8) is 0 Å². The van der Waals surface area contributed by atoms with Crippen LogP contribution in [0, 0.1) is 10.1 Å². The summed E-state index contributed by atoms with van der Waals surface area (Å²) in [5.41, 5.74) is 8.45. The Labute approximate surface area is 130 Å². The summed E-state index contributed by atoms with van der Waals surface area (Å²) in [5.74, 6) is 0. The van der Waals surface area contributed by atoms with Crippen molar-refractivity contribution in [2.24, 2.45) is 0 Å². The van der Waals surface area contributed by atoms with Crippen LogP contribution < -0.4 is 10.9 Å². The number of nitrogens with zero attached hydrogens (tertiary/aromatic N) is 2. The molecule has 0 aliphatic carbocycles. The minimum Gasteiger partial charge on any atom is -0.301 e.